The van der Waals surface area contributed by atoms with Gasteiger partial charge in [-0.3, -0.25) is 4.99 Å². The van der Waals surface area contributed by atoms with Gasteiger partial charge in [-0.05, 0) is 27.0 Å². The van der Waals surface area contributed by atoms with Crippen LogP contribution in [0, 0.1) is 0 Å². The number of hydrogen-bond donors (Lipinski definition) is 0. The van der Waals surface area contributed by atoms with Crippen molar-refractivity contribution in [3.8, 4) is 0 Å². The highest BCUT2D eigenvalue weighted by molar-refractivity contribution is 5.53. The van der Waals surface area contributed by atoms with E-state index in [1.807, 2.05) is 13.1 Å². The van der Waals surface area contributed by atoms with Crippen molar-refractivity contribution in [2.45, 2.75) is 20.8 Å². The SMILES string of the molecule is CC=NCC=C(C)C. The highest BCUT2D eigenvalue weighted by Crippen LogP contribution is 1.86. The van der Waals surface area contributed by atoms with Gasteiger partial charge in [-0.25, -0.2) is 0 Å². The molecule has 0 aliphatic heterocycles. The molecule has 0 aromatic carbocycles. The second-order valence-electron chi connectivity index (χ2n) is 1.90. The fraction of sp³-hybridized carbons (Fsp3) is 0.571. The Balaban J connectivity index is 3.30. The van der Waals surface area contributed by atoms with Gasteiger partial charge >= 0.3 is 0 Å². The van der Waals surface area contributed by atoms with Gasteiger partial charge in [0.05, 0.1) is 6.54 Å². The fourth-order valence-corrected chi connectivity index (χ4v) is 0.341. The van der Waals surface area contributed by atoms with Crippen LogP contribution in [0.3, 0.4) is 0 Å². The predicted octanol–water partition coefficient (Wildman–Crippen LogP) is 2.04. The number of aliphatic imine (C=N–C) groups is 1. The molecule has 0 heterocycles. The lowest BCUT2D eigenvalue weighted by Crippen LogP contribution is -1.73. The number of hydrogen-bond acceptors (Lipinski definition) is 1. The minimum atomic E-state index is 0.832. The summed E-state index contributed by atoms with van der Waals surface area (Å²) in [6.07, 6.45) is 3.92. The minimum absolute atomic E-state index is 0.832. The zero-order valence-electron chi connectivity index (χ0n) is 5.81. The molecule has 0 saturated carbocycles. The van der Waals surface area contributed by atoms with Gasteiger partial charge in [-0.1, -0.05) is 11.6 Å². The smallest absolute Gasteiger partial charge is 0.0568 e. The van der Waals surface area contributed by atoms with Crippen molar-refractivity contribution in [3.05, 3.63) is 11.6 Å². The van der Waals surface area contributed by atoms with Crippen molar-refractivity contribution in [1.29, 1.82) is 0 Å². The Morgan fingerprint density at radius 3 is 2.50 bits per heavy atom. The summed E-state index contributed by atoms with van der Waals surface area (Å²) in [6, 6.07) is 0. The summed E-state index contributed by atoms with van der Waals surface area (Å²) in [6.45, 7) is 6.91. The lowest BCUT2D eigenvalue weighted by molar-refractivity contribution is 1.21. The van der Waals surface area contributed by atoms with Gasteiger partial charge in [0.25, 0.3) is 0 Å². The van der Waals surface area contributed by atoms with Crippen LogP contribution in [0.25, 0.3) is 0 Å². The number of allylic oxidation sites excluding steroid dienone is 1. The van der Waals surface area contributed by atoms with Crippen molar-refractivity contribution >= 4 is 6.21 Å². The lowest BCUT2D eigenvalue weighted by atomic mass is 10.3. The molecule has 0 rings (SSSR count). The number of rotatable bonds is 2. The van der Waals surface area contributed by atoms with Crippen LogP contribution in [-0.2, 0) is 0 Å². The summed E-state index contributed by atoms with van der Waals surface area (Å²) in [4.78, 5) is 4.01. The van der Waals surface area contributed by atoms with Gasteiger partial charge in [0.15, 0.2) is 0 Å². The Morgan fingerprint density at radius 1 is 1.50 bits per heavy atom. The second-order valence-corrected chi connectivity index (χ2v) is 1.90. The lowest BCUT2D eigenvalue weighted by Gasteiger charge is -1.83. The summed E-state index contributed by atoms with van der Waals surface area (Å²) in [5.74, 6) is 0. The Morgan fingerprint density at radius 2 is 2.12 bits per heavy atom. The van der Waals surface area contributed by atoms with E-state index in [0.717, 1.165) is 6.54 Å². The number of nitrogens with zero attached hydrogens (tertiary/aromatic N) is 1. The van der Waals surface area contributed by atoms with Crippen LogP contribution in [0.15, 0.2) is 16.6 Å². The fourth-order valence-electron chi connectivity index (χ4n) is 0.341. The summed E-state index contributed by atoms with van der Waals surface area (Å²) in [5, 5.41) is 0. The van der Waals surface area contributed by atoms with Gasteiger partial charge in [0.2, 0.25) is 0 Å². The van der Waals surface area contributed by atoms with E-state index in [-0.39, 0.29) is 0 Å². The minimum Gasteiger partial charge on any atom is -0.294 e. The second kappa shape index (κ2) is 4.57. The van der Waals surface area contributed by atoms with Crippen molar-refractivity contribution in [2.75, 3.05) is 6.54 Å². The molecule has 1 nitrogen and oxygen atoms in total. The van der Waals surface area contributed by atoms with Gasteiger partial charge < -0.3 is 0 Å². The predicted molar refractivity (Wildman–Crippen MR) is 38.5 cm³/mol. The third-order valence-electron chi connectivity index (χ3n) is 0.788. The van der Waals surface area contributed by atoms with Crippen LogP contribution in [0.4, 0.5) is 0 Å². The maximum atomic E-state index is 4.01. The molecule has 0 aromatic rings. The average Bonchev–Trinajstić information content (AvgIpc) is 1.66. The van der Waals surface area contributed by atoms with Crippen LogP contribution >= 0.6 is 0 Å². The van der Waals surface area contributed by atoms with E-state index in [1.54, 1.807) is 0 Å². The van der Waals surface area contributed by atoms with E-state index in [9.17, 15) is 0 Å². The molecule has 0 saturated heterocycles. The van der Waals surface area contributed by atoms with Crippen LogP contribution in [0.1, 0.15) is 20.8 Å². The first-order valence-corrected chi connectivity index (χ1v) is 2.85. The third kappa shape index (κ3) is 5.41. The summed E-state index contributed by atoms with van der Waals surface area (Å²) < 4.78 is 0. The van der Waals surface area contributed by atoms with Crippen LogP contribution < -0.4 is 0 Å². The zero-order valence-corrected chi connectivity index (χ0v) is 5.81. The maximum absolute atomic E-state index is 4.01. The topological polar surface area (TPSA) is 12.4 Å². The van der Waals surface area contributed by atoms with E-state index in [1.165, 1.54) is 5.57 Å². The van der Waals surface area contributed by atoms with E-state index in [4.69, 9.17) is 0 Å². The quantitative estimate of drug-likeness (QED) is 0.382. The molecule has 0 amide bonds. The Bertz CT molecular complexity index is 97.0. The Labute approximate surface area is 51.1 Å². The molecule has 1 heteroatoms. The highest BCUT2D eigenvalue weighted by Gasteiger charge is 1.71. The first-order valence-electron chi connectivity index (χ1n) is 2.85. The highest BCUT2D eigenvalue weighted by atomic mass is 14.7. The van der Waals surface area contributed by atoms with Crippen molar-refractivity contribution < 1.29 is 0 Å². The van der Waals surface area contributed by atoms with Crippen molar-refractivity contribution in [1.82, 2.24) is 0 Å². The molecule has 0 aliphatic carbocycles. The molecular formula is C7H13N. The van der Waals surface area contributed by atoms with Crippen LogP contribution in [0.2, 0.25) is 0 Å². The van der Waals surface area contributed by atoms with Gasteiger partial charge in [-0.2, -0.15) is 0 Å². The van der Waals surface area contributed by atoms with E-state index < -0.39 is 0 Å². The monoisotopic (exact) mass is 111 g/mol. The summed E-state index contributed by atoms with van der Waals surface area (Å²) in [5.41, 5.74) is 1.33. The van der Waals surface area contributed by atoms with Gasteiger partial charge in [-0.15, -0.1) is 0 Å². The molecular weight excluding hydrogens is 98.1 g/mol. The van der Waals surface area contributed by atoms with E-state index in [2.05, 4.69) is 24.9 Å². The molecule has 0 unspecified atom stereocenters. The van der Waals surface area contributed by atoms with E-state index >= 15 is 0 Å². The largest absolute Gasteiger partial charge is 0.294 e. The Hall–Kier alpha value is -0.590. The molecule has 0 aliphatic rings. The zero-order chi connectivity index (χ0) is 6.41. The maximum Gasteiger partial charge on any atom is 0.0568 e. The first-order chi connectivity index (χ1) is 3.77. The van der Waals surface area contributed by atoms with Crippen molar-refractivity contribution in [3.63, 3.8) is 0 Å². The molecule has 8 heavy (non-hydrogen) atoms. The molecule has 0 bridgehead atoms. The van der Waals surface area contributed by atoms with Crippen LogP contribution in [0.5, 0.6) is 0 Å². The van der Waals surface area contributed by atoms with Crippen LogP contribution in [-0.4, -0.2) is 12.8 Å². The molecule has 0 fully saturated rings. The van der Waals surface area contributed by atoms with E-state index in [0.29, 0.717) is 0 Å². The molecule has 0 aromatic heterocycles. The normalized spacial score (nSPS) is 9.88. The summed E-state index contributed by atoms with van der Waals surface area (Å²) >= 11 is 0. The van der Waals surface area contributed by atoms with Crippen molar-refractivity contribution in [2.24, 2.45) is 4.99 Å². The Kier molecular flexibility index (Phi) is 4.23. The van der Waals surface area contributed by atoms with Gasteiger partial charge in [0.1, 0.15) is 0 Å². The first kappa shape index (κ1) is 7.41. The standard InChI is InChI=1S/C7H13N/c1-4-8-6-5-7(2)3/h4-5H,6H2,1-3H3. The molecule has 46 valence electrons. The molecule has 0 spiro atoms. The summed E-state index contributed by atoms with van der Waals surface area (Å²) in [7, 11) is 0. The third-order valence-corrected chi connectivity index (χ3v) is 0.788. The average molecular weight is 111 g/mol. The molecule has 0 radical (unpaired) electrons. The molecule has 0 atom stereocenters. The van der Waals surface area contributed by atoms with Gasteiger partial charge in [0, 0.05) is 0 Å². The molecule has 0 N–H and O–H groups in total.